The number of amides is 1. The van der Waals surface area contributed by atoms with E-state index in [1.807, 2.05) is 58.0 Å². The van der Waals surface area contributed by atoms with Crippen LogP contribution in [0.25, 0.3) is 0 Å². The summed E-state index contributed by atoms with van der Waals surface area (Å²) < 4.78 is 33.9. The number of carbonyl (C=O) groups is 1. The molecule has 0 radical (unpaired) electrons. The van der Waals surface area contributed by atoms with Gasteiger partial charge in [0, 0.05) is 24.7 Å². The second-order valence-electron chi connectivity index (χ2n) is 8.28. The number of aryl methyl sites for hydroxylation is 2. The van der Waals surface area contributed by atoms with Crippen molar-refractivity contribution in [2.75, 3.05) is 18.0 Å². The summed E-state index contributed by atoms with van der Waals surface area (Å²) in [5.41, 5.74) is 5.45. The van der Waals surface area contributed by atoms with E-state index in [-0.39, 0.29) is 18.7 Å². The number of carbonyl (C=O) groups excluding carboxylic acids is 1. The summed E-state index contributed by atoms with van der Waals surface area (Å²) in [6, 6.07) is 9.69. The van der Waals surface area contributed by atoms with E-state index in [0.29, 0.717) is 30.8 Å². The molecule has 0 unspecified atom stereocenters. The lowest BCUT2D eigenvalue weighted by Crippen LogP contribution is -2.50. The second-order valence-corrected chi connectivity index (χ2v) is 10.2. The molecule has 0 saturated carbocycles. The number of fused-ring (bicyclic) bond motifs is 1. The predicted molar refractivity (Wildman–Crippen MR) is 116 cm³/mol. The fourth-order valence-electron chi connectivity index (χ4n) is 4.56. The average molecular weight is 429 g/mol. The number of piperidine rings is 1. The van der Waals surface area contributed by atoms with Gasteiger partial charge in [0.25, 0.3) is 0 Å². The summed E-state index contributed by atoms with van der Waals surface area (Å²) in [5, 5.41) is 0. The third kappa shape index (κ3) is 3.40. The lowest BCUT2D eigenvalue weighted by molar-refractivity contribution is 0.136. The van der Waals surface area contributed by atoms with Crippen molar-refractivity contribution < 1.29 is 17.9 Å². The molecule has 6 nitrogen and oxygen atoms in total. The van der Waals surface area contributed by atoms with Crippen molar-refractivity contribution in [2.45, 2.75) is 58.1 Å². The maximum atomic E-state index is 13.5. The van der Waals surface area contributed by atoms with E-state index in [0.717, 1.165) is 33.5 Å². The normalized spacial score (nSPS) is 18.3. The standard InChI is InChI=1S/C23H28N2O4S/c1-15-13-16(2)18(4)22(17(15)3)30(27,28)24-11-9-20(10-12-24)25-21-8-6-5-7-19(21)14-29-23(25)26/h5-8,13,20H,9-12,14H2,1-4H3. The van der Waals surface area contributed by atoms with Crippen molar-refractivity contribution in [2.24, 2.45) is 0 Å². The molecule has 2 heterocycles. The number of hydrogen-bond acceptors (Lipinski definition) is 4. The Morgan fingerprint density at radius 3 is 2.20 bits per heavy atom. The molecule has 0 spiro atoms. The van der Waals surface area contributed by atoms with Crippen molar-refractivity contribution >= 4 is 21.8 Å². The number of benzene rings is 2. The topological polar surface area (TPSA) is 66.9 Å². The van der Waals surface area contributed by atoms with Gasteiger partial charge in [-0.25, -0.2) is 13.2 Å². The lowest BCUT2D eigenvalue weighted by Gasteiger charge is -2.40. The highest BCUT2D eigenvalue weighted by Gasteiger charge is 2.38. The average Bonchev–Trinajstić information content (AvgIpc) is 2.72. The van der Waals surface area contributed by atoms with Gasteiger partial charge in [-0.1, -0.05) is 24.3 Å². The number of para-hydroxylation sites is 1. The number of hydrogen-bond donors (Lipinski definition) is 0. The molecule has 160 valence electrons. The Bertz CT molecular complexity index is 1080. The van der Waals surface area contributed by atoms with E-state index in [1.165, 1.54) is 0 Å². The van der Waals surface area contributed by atoms with Crippen LogP contribution in [0.3, 0.4) is 0 Å². The molecule has 1 amide bonds. The van der Waals surface area contributed by atoms with Crippen LogP contribution in [0.1, 0.15) is 40.7 Å². The molecule has 0 aromatic heterocycles. The monoisotopic (exact) mass is 428 g/mol. The summed E-state index contributed by atoms with van der Waals surface area (Å²) in [7, 11) is -3.60. The van der Waals surface area contributed by atoms with Crippen molar-refractivity contribution in [1.29, 1.82) is 0 Å². The molecule has 7 heteroatoms. The Labute approximate surface area is 178 Å². The van der Waals surface area contributed by atoms with Gasteiger partial charge in [-0.3, -0.25) is 4.90 Å². The first-order valence-corrected chi connectivity index (χ1v) is 11.8. The van der Waals surface area contributed by atoms with E-state index < -0.39 is 10.0 Å². The molecular formula is C23H28N2O4S. The molecule has 2 aliphatic heterocycles. The fourth-order valence-corrected chi connectivity index (χ4v) is 6.60. The zero-order chi connectivity index (χ0) is 21.6. The quantitative estimate of drug-likeness (QED) is 0.734. The molecule has 2 aliphatic rings. The minimum absolute atomic E-state index is 0.0770. The summed E-state index contributed by atoms with van der Waals surface area (Å²) in [5.74, 6) is 0. The second kappa shape index (κ2) is 7.71. The minimum Gasteiger partial charge on any atom is -0.444 e. The first-order chi connectivity index (χ1) is 14.2. The van der Waals surface area contributed by atoms with Crippen LogP contribution >= 0.6 is 0 Å². The summed E-state index contributed by atoms with van der Waals surface area (Å²) in [6.07, 6.45) is 0.799. The Morgan fingerprint density at radius 2 is 1.57 bits per heavy atom. The van der Waals surface area contributed by atoms with E-state index in [1.54, 1.807) is 9.21 Å². The summed E-state index contributed by atoms with van der Waals surface area (Å²) in [4.78, 5) is 14.6. The number of nitrogens with zero attached hydrogens (tertiary/aromatic N) is 2. The fraction of sp³-hybridized carbons (Fsp3) is 0.435. The Hall–Kier alpha value is -2.38. The van der Waals surface area contributed by atoms with Gasteiger partial charge in [-0.2, -0.15) is 4.31 Å². The van der Waals surface area contributed by atoms with Crippen LogP contribution in [0.4, 0.5) is 10.5 Å². The number of rotatable bonds is 3. The van der Waals surface area contributed by atoms with Crippen LogP contribution in [0, 0.1) is 27.7 Å². The van der Waals surface area contributed by atoms with Crippen LogP contribution in [-0.4, -0.2) is 37.9 Å². The van der Waals surface area contributed by atoms with Gasteiger partial charge in [-0.05, 0) is 68.9 Å². The molecule has 1 fully saturated rings. The zero-order valence-corrected chi connectivity index (χ0v) is 18.8. The number of cyclic esters (lactones) is 1. The third-order valence-corrected chi connectivity index (χ3v) is 8.66. The lowest BCUT2D eigenvalue weighted by atomic mass is 10.0. The number of anilines is 1. The number of sulfonamides is 1. The highest BCUT2D eigenvalue weighted by molar-refractivity contribution is 7.89. The van der Waals surface area contributed by atoms with E-state index >= 15 is 0 Å². The molecular weight excluding hydrogens is 400 g/mol. The predicted octanol–water partition coefficient (Wildman–Crippen LogP) is 4.23. The first kappa shape index (κ1) is 20.9. The molecule has 0 atom stereocenters. The van der Waals surface area contributed by atoms with Gasteiger partial charge in [0.05, 0.1) is 10.6 Å². The van der Waals surface area contributed by atoms with Crippen LogP contribution in [0.5, 0.6) is 0 Å². The van der Waals surface area contributed by atoms with Crippen LogP contribution in [-0.2, 0) is 21.4 Å². The highest BCUT2D eigenvalue weighted by Crippen LogP contribution is 2.34. The third-order valence-electron chi connectivity index (χ3n) is 6.48. The maximum Gasteiger partial charge on any atom is 0.414 e. The summed E-state index contributed by atoms with van der Waals surface area (Å²) in [6.45, 7) is 8.70. The van der Waals surface area contributed by atoms with Gasteiger partial charge >= 0.3 is 6.09 Å². The zero-order valence-electron chi connectivity index (χ0n) is 17.9. The Kier molecular flexibility index (Phi) is 5.36. The number of ether oxygens (including phenoxy) is 1. The Morgan fingerprint density at radius 1 is 0.967 bits per heavy atom. The van der Waals surface area contributed by atoms with E-state index in [2.05, 4.69) is 0 Å². The van der Waals surface area contributed by atoms with Crippen LogP contribution in [0.15, 0.2) is 35.2 Å². The molecule has 0 N–H and O–H groups in total. The highest BCUT2D eigenvalue weighted by atomic mass is 32.2. The SMILES string of the molecule is Cc1cc(C)c(C)c(S(=O)(=O)N2CCC(N3C(=O)OCc4ccccc43)CC2)c1C. The molecule has 2 aromatic rings. The van der Waals surface area contributed by atoms with E-state index in [4.69, 9.17) is 4.74 Å². The van der Waals surface area contributed by atoms with Crippen LogP contribution < -0.4 is 4.90 Å². The van der Waals surface area contributed by atoms with Crippen molar-refractivity contribution in [3.8, 4) is 0 Å². The largest absolute Gasteiger partial charge is 0.444 e. The minimum atomic E-state index is -3.60. The first-order valence-electron chi connectivity index (χ1n) is 10.3. The molecule has 4 rings (SSSR count). The van der Waals surface area contributed by atoms with Gasteiger partial charge in [0.1, 0.15) is 6.61 Å². The molecule has 0 bridgehead atoms. The molecule has 2 aromatic carbocycles. The van der Waals surface area contributed by atoms with Gasteiger partial charge in [0.2, 0.25) is 10.0 Å². The molecule has 0 aliphatic carbocycles. The van der Waals surface area contributed by atoms with E-state index in [9.17, 15) is 13.2 Å². The molecule has 1 saturated heterocycles. The van der Waals surface area contributed by atoms with Gasteiger partial charge in [-0.15, -0.1) is 0 Å². The smallest absolute Gasteiger partial charge is 0.414 e. The van der Waals surface area contributed by atoms with Crippen LogP contribution in [0.2, 0.25) is 0 Å². The Balaban J connectivity index is 1.58. The summed E-state index contributed by atoms with van der Waals surface area (Å²) >= 11 is 0. The van der Waals surface area contributed by atoms with Crippen molar-refractivity contribution in [3.05, 3.63) is 58.1 Å². The van der Waals surface area contributed by atoms with Crippen molar-refractivity contribution in [1.82, 2.24) is 4.31 Å². The molecule has 30 heavy (non-hydrogen) atoms. The van der Waals surface area contributed by atoms with Gasteiger partial charge < -0.3 is 4.74 Å². The van der Waals surface area contributed by atoms with Crippen molar-refractivity contribution in [3.63, 3.8) is 0 Å². The van der Waals surface area contributed by atoms with Gasteiger partial charge in [0.15, 0.2) is 0 Å². The maximum absolute atomic E-state index is 13.5.